The van der Waals surface area contributed by atoms with Gasteiger partial charge in [0.15, 0.2) is 17.3 Å². The maximum absolute atomic E-state index is 13.4. The van der Waals surface area contributed by atoms with Crippen molar-refractivity contribution in [3.63, 3.8) is 0 Å². The molecule has 0 bridgehead atoms. The summed E-state index contributed by atoms with van der Waals surface area (Å²) in [6.07, 6.45) is 1.52. The van der Waals surface area contributed by atoms with Crippen molar-refractivity contribution in [3.05, 3.63) is 123 Å². The Labute approximate surface area is 223 Å². The highest BCUT2D eigenvalue weighted by molar-refractivity contribution is 6.32. The summed E-state index contributed by atoms with van der Waals surface area (Å²) in [4.78, 5) is 18.1. The average molecular weight is 521 g/mol. The van der Waals surface area contributed by atoms with E-state index in [4.69, 9.17) is 26.1 Å². The third-order valence-electron chi connectivity index (χ3n) is 5.87. The number of nitriles is 1. The third kappa shape index (κ3) is 4.99. The summed E-state index contributed by atoms with van der Waals surface area (Å²) in [5.74, 6) is 1.15. The van der Waals surface area contributed by atoms with Gasteiger partial charge in [-0.1, -0.05) is 72.3 Å². The number of hydrogen-bond acceptors (Lipinski definition) is 6. The summed E-state index contributed by atoms with van der Waals surface area (Å²) < 4.78 is 12.7. The molecule has 0 saturated heterocycles. The van der Waals surface area contributed by atoms with Crippen LogP contribution in [0, 0.1) is 11.3 Å². The van der Waals surface area contributed by atoms with Crippen molar-refractivity contribution in [1.82, 2.24) is 9.66 Å². The summed E-state index contributed by atoms with van der Waals surface area (Å²) in [5, 5.41) is 14.6. The number of nitrogens with zero attached hydrogens (tertiary/aromatic N) is 4. The first kappa shape index (κ1) is 24.8. The van der Waals surface area contributed by atoms with Crippen LogP contribution in [0.3, 0.4) is 0 Å². The predicted molar refractivity (Wildman–Crippen MR) is 148 cm³/mol. The van der Waals surface area contributed by atoms with E-state index in [1.807, 2.05) is 48.5 Å². The second kappa shape index (κ2) is 11.0. The van der Waals surface area contributed by atoms with Crippen molar-refractivity contribution in [2.24, 2.45) is 5.10 Å². The smallest absolute Gasteiger partial charge is 0.282 e. The summed E-state index contributed by atoms with van der Waals surface area (Å²) in [6, 6.07) is 29.3. The predicted octanol–water partition coefficient (Wildman–Crippen LogP) is 6.06. The number of benzene rings is 4. The molecular weight excluding hydrogens is 500 g/mol. The molecule has 0 aliphatic rings. The molecule has 0 atom stereocenters. The zero-order chi connectivity index (χ0) is 26.5. The van der Waals surface area contributed by atoms with Crippen molar-refractivity contribution in [1.29, 1.82) is 5.26 Å². The van der Waals surface area contributed by atoms with E-state index in [1.165, 1.54) is 18.0 Å². The second-order valence-electron chi connectivity index (χ2n) is 8.27. The zero-order valence-corrected chi connectivity index (χ0v) is 21.1. The lowest BCUT2D eigenvalue weighted by Gasteiger charge is -2.14. The SMILES string of the molecule is COc1cc(C=Nn2c(-c3ccccc3)nc3ccccc3c2=O)cc(Cl)c1OCc1ccccc1C#N. The minimum atomic E-state index is -0.292. The van der Waals surface area contributed by atoms with E-state index in [9.17, 15) is 10.1 Å². The van der Waals surface area contributed by atoms with Gasteiger partial charge >= 0.3 is 0 Å². The van der Waals surface area contributed by atoms with Crippen LogP contribution in [-0.4, -0.2) is 23.0 Å². The molecule has 0 fully saturated rings. The normalized spacial score (nSPS) is 11.0. The number of fused-ring (bicyclic) bond motifs is 1. The van der Waals surface area contributed by atoms with E-state index in [2.05, 4.69) is 11.2 Å². The first-order valence-corrected chi connectivity index (χ1v) is 12.1. The highest BCUT2D eigenvalue weighted by atomic mass is 35.5. The minimum Gasteiger partial charge on any atom is -0.493 e. The van der Waals surface area contributed by atoms with Gasteiger partial charge < -0.3 is 9.47 Å². The van der Waals surface area contributed by atoms with Crippen LogP contribution in [0.2, 0.25) is 5.02 Å². The fraction of sp³-hybridized carbons (Fsp3) is 0.0667. The van der Waals surface area contributed by atoms with Crippen LogP contribution >= 0.6 is 11.6 Å². The first-order valence-electron chi connectivity index (χ1n) is 11.7. The molecule has 5 rings (SSSR count). The molecule has 0 N–H and O–H groups in total. The Hall–Kier alpha value is -4.93. The Kier molecular flexibility index (Phi) is 7.16. The van der Waals surface area contributed by atoms with E-state index in [0.29, 0.717) is 44.4 Å². The zero-order valence-electron chi connectivity index (χ0n) is 20.3. The molecule has 38 heavy (non-hydrogen) atoms. The molecule has 7 nitrogen and oxygen atoms in total. The summed E-state index contributed by atoms with van der Waals surface area (Å²) >= 11 is 6.56. The Bertz CT molecular complexity index is 1760. The maximum atomic E-state index is 13.4. The van der Waals surface area contributed by atoms with Crippen LogP contribution in [0.15, 0.2) is 101 Å². The van der Waals surface area contributed by atoms with Crippen LogP contribution in [0.4, 0.5) is 0 Å². The summed E-state index contributed by atoms with van der Waals surface area (Å²) in [5.41, 5.74) is 2.90. The molecule has 0 radical (unpaired) electrons. The van der Waals surface area contributed by atoms with Crippen LogP contribution in [0.5, 0.6) is 11.5 Å². The van der Waals surface area contributed by atoms with Crippen molar-refractivity contribution in [2.75, 3.05) is 7.11 Å². The highest BCUT2D eigenvalue weighted by Gasteiger charge is 2.15. The topological polar surface area (TPSA) is 89.5 Å². The van der Waals surface area contributed by atoms with Gasteiger partial charge in [-0.25, -0.2) is 4.98 Å². The van der Waals surface area contributed by atoms with Gasteiger partial charge in [0.25, 0.3) is 5.56 Å². The molecule has 4 aromatic carbocycles. The van der Waals surface area contributed by atoms with Gasteiger partial charge in [0.2, 0.25) is 0 Å². The number of halogens is 1. The van der Waals surface area contributed by atoms with Crippen molar-refractivity contribution in [2.45, 2.75) is 6.61 Å². The summed E-state index contributed by atoms with van der Waals surface area (Å²) in [6.45, 7) is 0.145. The fourth-order valence-electron chi connectivity index (χ4n) is 3.99. The molecule has 186 valence electrons. The molecule has 0 aliphatic heterocycles. The Balaban J connectivity index is 1.52. The number of hydrogen-bond donors (Lipinski definition) is 0. The van der Waals surface area contributed by atoms with Gasteiger partial charge in [0.05, 0.1) is 40.9 Å². The van der Waals surface area contributed by atoms with Crippen molar-refractivity contribution >= 4 is 28.7 Å². The first-order chi connectivity index (χ1) is 18.6. The van der Waals surface area contributed by atoms with Crippen molar-refractivity contribution < 1.29 is 9.47 Å². The molecular formula is C30H21ClN4O3. The Morgan fingerprint density at radius 1 is 1.03 bits per heavy atom. The van der Waals surface area contributed by atoms with Crippen LogP contribution in [0.1, 0.15) is 16.7 Å². The standard InChI is InChI=1S/C30H21ClN4O3/c1-37-27-16-20(15-25(31)28(27)38-19-23-12-6-5-11-22(23)17-32)18-33-35-29(21-9-3-2-4-10-21)34-26-14-8-7-13-24(26)30(35)36/h2-16,18H,19H2,1H3. The number of para-hydroxylation sites is 1. The maximum Gasteiger partial charge on any atom is 0.282 e. The molecule has 0 aliphatic carbocycles. The van der Waals surface area contributed by atoms with Gasteiger partial charge in [0.1, 0.15) is 6.61 Å². The molecule has 0 amide bonds. The number of methoxy groups -OCH3 is 1. The molecule has 5 aromatic rings. The van der Waals surface area contributed by atoms with Gasteiger partial charge in [-0.15, -0.1) is 0 Å². The molecule has 0 saturated carbocycles. The van der Waals surface area contributed by atoms with Gasteiger partial charge in [0, 0.05) is 11.1 Å². The van der Waals surface area contributed by atoms with Crippen LogP contribution < -0.4 is 15.0 Å². The van der Waals surface area contributed by atoms with Gasteiger partial charge in [-0.05, 0) is 35.9 Å². The molecule has 8 heteroatoms. The Morgan fingerprint density at radius 3 is 2.55 bits per heavy atom. The quantitative estimate of drug-likeness (QED) is 0.243. The van der Waals surface area contributed by atoms with E-state index in [1.54, 1.807) is 42.5 Å². The lowest BCUT2D eigenvalue weighted by atomic mass is 10.1. The van der Waals surface area contributed by atoms with Crippen LogP contribution in [0.25, 0.3) is 22.3 Å². The molecule has 1 heterocycles. The van der Waals surface area contributed by atoms with E-state index in [-0.39, 0.29) is 12.2 Å². The second-order valence-corrected chi connectivity index (χ2v) is 8.68. The fourth-order valence-corrected chi connectivity index (χ4v) is 4.26. The lowest BCUT2D eigenvalue weighted by molar-refractivity contribution is 0.284. The monoisotopic (exact) mass is 520 g/mol. The minimum absolute atomic E-state index is 0.145. The van der Waals surface area contributed by atoms with E-state index in [0.717, 1.165) is 11.1 Å². The van der Waals surface area contributed by atoms with E-state index >= 15 is 0 Å². The molecule has 1 aromatic heterocycles. The van der Waals surface area contributed by atoms with Gasteiger partial charge in [-0.3, -0.25) is 4.79 Å². The van der Waals surface area contributed by atoms with E-state index < -0.39 is 0 Å². The highest BCUT2D eigenvalue weighted by Crippen LogP contribution is 2.36. The summed E-state index contributed by atoms with van der Waals surface area (Å²) in [7, 11) is 1.51. The van der Waals surface area contributed by atoms with Gasteiger partial charge in [-0.2, -0.15) is 15.0 Å². The number of rotatable bonds is 7. The van der Waals surface area contributed by atoms with Crippen molar-refractivity contribution in [3.8, 4) is 29.0 Å². The largest absolute Gasteiger partial charge is 0.493 e. The molecule has 0 unspecified atom stereocenters. The lowest BCUT2D eigenvalue weighted by Crippen LogP contribution is -2.20. The number of ether oxygens (including phenoxy) is 2. The number of aromatic nitrogens is 2. The average Bonchev–Trinajstić information content (AvgIpc) is 2.96. The van der Waals surface area contributed by atoms with Crippen LogP contribution in [-0.2, 0) is 6.61 Å². The Morgan fingerprint density at radius 2 is 1.76 bits per heavy atom. The molecule has 0 spiro atoms. The third-order valence-corrected chi connectivity index (χ3v) is 6.15.